The summed E-state index contributed by atoms with van der Waals surface area (Å²) in [6.45, 7) is 0. The van der Waals surface area contributed by atoms with Crippen LogP contribution in [0.25, 0.3) is 0 Å². The van der Waals surface area contributed by atoms with Gasteiger partial charge in [-0.15, -0.1) is 0 Å². The number of aromatic nitrogens is 2. The Morgan fingerprint density at radius 3 is 1.78 bits per heavy atom. The Bertz CT molecular complexity index is 144. The van der Waals surface area contributed by atoms with Crippen LogP contribution in [0.3, 0.4) is 0 Å². The largest absolute Gasteiger partial charge is 0.619 e. The smallest absolute Gasteiger partial charge is 0.198 e. The molecule has 1 aromatic heterocycles. The average Bonchev–Trinajstić information content (AvgIpc) is 1.69. The minimum Gasteiger partial charge on any atom is -0.619 e. The molecule has 0 radical (unpaired) electrons. The Morgan fingerprint density at radius 2 is 1.56 bits per heavy atom. The summed E-state index contributed by atoms with van der Waals surface area (Å²) in [4.78, 5) is 3.62. The van der Waals surface area contributed by atoms with Gasteiger partial charge in [0.15, 0.2) is 12.4 Å². The van der Waals surface area contributed by atoms with E-state index in [0.29, 0.717) is 4.73 Å². The highest BCUT2D eigenvalue weighted by Gasteiger charge is 1.76. The van der Waals surface area contributed by atoms with Crippen LogP contribution in [0, 0.1) is 5.21 Å². The molecule has 1 rings (SSSR count). The molecule has 9 heavy (non-hydrogen) atoms. The highest BCUT2D eigenvalue weighted by Crippen LogP contribution is 1.63. The Hall–Kier alpha value is -1.20. The summed E-state index contributed by atoms with van der Waals surface area (Å²) in [6, 6.07) is 0. The highest BCUT2D eigenvalue weighted by atomic mass is 16.5. The third kappa shape index (κ3) is 3.39. The fraction of sp³-hybridized carbons (Fsp3) is 0. The molecule has 0 unspecified atom stereocenters. The van der Waals surface area contributed by atoms with Crippen molar-refractivity contribution in [2.24, 2.45) is 0 Å². The lowest BCUT2D eigenvalue weighted by Crippen LogP contribution is -2.23. The molecule has 5 heteroatoms. The molecule has 0 amide bonds. The van der Waals surface area contributed by atoms with Gasteiger partial charge in [0.25, 0.3) is 0 Å². The molecule has 52 valence electrons. The zero-order valence-electron chi connectivity index (χ0n) is 4.61. The first-order chi connectivity index (χ1) is 3.39. The van der Waals surface area contributed by atoms with Crippen LogP contribution < -0.4 is 4.73 Å². The van der Waals surface area contributed by atoms with E-state index in [1.54, 1.807) is 0 Å². The number of hydrogen-bond acceptors (Lipinski definition) is 2. The molecule has 0 saturated carbocycles. The third-order valence-electron chi connectivity index (χ3n) is 0.599. The standard InChI is InChI=1S/C4H4N2O.2H2O/c7-6-3-1-5-2-4-6;;/h1-4H;2*1H2. The van der Waals surface area contributed by atoms with E-state index < -0.39 is 0 Å². The van der Waals surface area contributed by atoms with Crippen molar-refractivity contribution in [3.8, 4) is 0 Å². The first-order valence-corrected chi connectivity index (χ1v) is 1.88. The molecule has 5 nitrogen and oxygen atoms in total. The van der Waals surface area contributed by atoms with Crippen LogP contribution >= 0.6 is 0 Å². The summed E-state index contributed by atoms with van der Waals surface area (Å²) in [7, 11) is 0. The van der Waals surface area contributed by atoms with Crippen molar-refractivity contribution in [1.82, 2.24) is 4.98 Å². The van der Waals surface area contributed by atoms with Crippen LogP contribution in [-0.4, -0.2) is 15.9 Å². The fourth-order valence-corrected chi connectivity index (χ4v) is 0.308. The highest BCUT2D eigenvalue weighted by molar-refractivity contribution is 4.63. The van der Waals surface area contributed by atoms with Crippen molar-refractivity contribution in [2.75, 3.05) is 0 Å². The van der Waals surface area contributed by atoms with Crippen LogP contribution in [0.1, 0.15) is 0 Å². The summed E-state index contributed by atoms with van der Waals surface area (Å²) in [5.41, 5.74) is 0. The molecule has 0 fully saturated rings. The molecule has 0 saturated heterocycles. The molecule has 4 N–H and O–H groups in total. The molecule has 0 atom stereocenters. The third-order valence-corrected chi connectivity index (χ3v) is 0.599. The van der Waals surface area contributed by atoms with Crippen LogP contribution in [0.5, 0.6) is 0 Å². The maximum atomic E-state index is 10.1. The number of hydrogen-bond donors (Lipinski definition) is 0. The number of rotatable bonds is 0. The summed E-state index contributed by atoms with van der Waals surface area (Å²) < 4.78 is 0.688. The van der Waals surface area contributed by atoms with E-state index in [4.69, 9.17) is 0 Å². The second-order valence-corrected chi connectivity index (χ2v) is 1.11. The Morgan fingerprint density at radius 1 is 1.11 bits per heavy atom. The normalized spacial score (nSPS) is 6.67. The molecule has 0 aliphatic carbocycles. The van der Waals surface area contributed by atoms with Gasteiger partial charge in [0, 0.05) is 0 Å². The van der Waals surface area contributed by atoms with Gasteiger partial charge in [0.1, 0.15) is 0 Å². The van der Waals surface area contributed by atoms with E-state index in [2.05, 4.69) is 4.98 Å². The van der Waals surface area contributed by atoms with Crippen molar-refractivity contribution in [3.05, 3.63) is 30.0 Å². The Labute approximate surface area is 51.8 Å². The zero-order chi connectivity index (χ0) is 5.11. The predicted octanol–water partition coefficient (Wildman–Crippen LogP) is -1.93. The summed E-state index contributed by atoms with van der Waals surface area (Å²) in [5, 5.41) is 10.1. The van der Waals surface area contributed by atoms with E-state index in [9.17, 15) is 5.21 Å². The van der Waals surface area contributed by atoms with Gasteiger partial charge in [0.2, 0.25) is 0 Å². The van der Waals surface area contributed by atoms with Gasteiger partial charge in [-0.2, -0.15) is 4.73 Å². The summed E-state index contributed by atoms with van der Waals surface area (Å²) in [5.74, 6) is 0. The fourth-order valence-electron chi connectivity index (χ4n) is 0.308. The lowest BCUT2D eigenvalue weighted by molar-refractivity contribution is -0.606. The maximum Gasteiger partial charge on any atom is 0.198 e. The molecule has 0 bridgehead atoms. The Balaban J connectivity index is 0. The molecular weight excluding hydrogens is 124 g/mol. The second-order valence-electron chi connectivity index (χ2n) is 1.11. The van der Waals surface area contributed by atoms with E-state index >= 15 is 0 Å². The Kier molecular flexibility index (Phi) is 5.89. The summed E-state index contributed by atoms with van der Waals surface area (Å²) in [6.07, 6.45) is 5.54. The van der Waals surface area contributed by atoms with E-state index in [1.807, 2.05) is 0 Å². The number of nitrogens with zero attached hydrogens (tertiary/aromatic N) is 2. The molecule has 0 aliphatic heterocycles. The molecule has 0 spiro atoms. The quantitative estimate of drug-likeness (QED) is 0.303. The molecule has 1 heterocycles. The van der Waals surface area contributed by atoms with Crippen LogP contribution in [0.15, 0.2) is 24.8 Å². The van der Waals surface area contributed by atoms with Crippen molar-refractivity contribution >= 4 is 0 Å². The van der Waals surface area contributed by atoms with Gasteiger partial charge in [-0.3, -0.25) is 4.98 Å². The van der Waals surface area contributed by atoms with Crippen molar-refractivity contribution < 1.29 is 15.7 Å². The first-order valence-electron chi connectivity index (χ1n) is 1.88. The minimum absolute atomic E-state index is 0. The van der Waals surface area contributed by atoms with Gasteiger partial charge < -0.3 is 16.2 Å². The van der Waals surface area contributed by atoms with Gasteiger partial charge in [0.05, 0.1) is 12.4 Å². The average molecular weight is 132 g/mol. The molecule has 0 aliphatic rings. The van der Waals surface area contributed by atoms with E-state index in [0.717, 1.165) is 0 Å². The van der Waals surface area contributed by atoms with Crippen LogP contribution in [0.4, 0.5) is 0 Å². The van der Waals surface area contributed by atoms with E-state index in [1.165, 1.54) is 24.8 Å². The minimum atomic E-state index is 0. The lowest BCUT2D eigenvalue weighted by atomic mass is 10.8. The van der Waals surface area contributed by atoms with Crippen molar-refractivity contribution in [1.29, 1.82) is 0 Å². The van der Waals surface area contributed by atoms with Gasteiger partial charge in [-0.1, -0.05) is 0 Å². The van der Waals surface area contributed by atoms with Gasteiger partial charge >= 0.3 is 0 Å². The maximum absolute atomic E-state index is 10.1. The van der Waals surface area contributed by atoms with E-state index in [-0.39, 0.29) is 11.0 Å². The van der Waals surface area contributed by atoms with Gasteiger partial charge in [-0.05, 0) is 0 Å². The summed E-state index contributed by atoms with van der Waals surface area (Å²) >= 11 is 0. The first kappa shape index (κ1) is 10.7. The van der Waals surface area contributed by atoms with Gasteiger partial charge in [-0.25, -0.2) is 0 Å². The molecule has 1 aromatic rings. The van der Waals surface area contributed by atoms with Crippen LogP contribution in [-0.2, 0) is 0 Å². The molecule has 0 aromatic carbocycles. The van der Waals surface area contributed by atoms with Crippen molar-refractivity contribution in [2.45, 2.75) is 0 Å². The molecular formula is C4H8N2O3. The van der Waals surface area contributed by atoms with Crippen LogP contribution in [0.2, 0.25) is 0 Å². The SMILES string of the molecule is O.O.[O-][n+]1ccncc1. The lowest BCUT2D eigenvalue weighted by Gasteiger charge is -1.87. The zero-order valence-corrected chi connectivity index (χ0v) is 4.61. The second kappa shape index (κ2) is 4.95. The predicted molar refractivity (Wildman–Crippen MR) is 30.4 cm³/mol. The van der Waals surface area contributed by atoms with Crippen molar-refractivity contribution in [3.63, 3.8) is 0 Å². The topological polar surface area (TPSA) is 103 Å². The monoisotopic (exact) mass is 132 g/mol.